The van der Waals surface area contributed by atoms with Gasteiger partial charge in [-0.1, -0.05) is 30.3 Å². The van der Waals surface area contributed by atoms with Crippen molar-refractivity contribution in [3.8, 4) is 6.07 Å². The monoisotopic (exact) mass is 317 g/mol. The fraction of sp³-hybridized carbons (Fsp3) is 0.200. The van der Waals surface area contributed by atoms with E-state index in [-0.39, 0.29) is 12.5 Å². The van der Waals surface area contributed by atoms with Crippen molar-refractivity contribution in [2.45, 2.75) is 20.4 Å². The number of carbonyl (C=O) groups is 1. The van der Waals surface area contributed by atoms with E-state index in [0.29, 0.717) is 12.1 Å². The quantitative estimate of drug-likeness (QED) is 0.733. The number of fused-ring (bicyclic) bond motifs is 1. The maximum absolute atomic E-state index is 12.8. The highest BCUT2D eigenvalue weighted by atomic mass is 16.2. The Balaban J connectivity index is 1.93. The average molecular weight is 317 g/mol. The minimum absolute atomic E-state index is 0.00772. The van der Waals surface area contributed by atoms with Gasteiger partial charge in [0.2, 0.25) is 5.91 Å². The number of nitriles is 1. The van der Waals surface area contributed by atoms with Crippen molar-refractivity contribution >= 4 is 22.5 Å². The van der Waals surface area contributed by atoms with Gasteiger partial charge in [-0.3, -0.25) is 4.79 Å². The third-order valence-electron chi connectivity index (χ3n) is 4.15. The minimum Gasteiger partial charge on any atom is -0.337 e. The number of amides is 1. The largest absolute Gasteiger partial charge is 0.337 e. The Bertz CT molecular complexity index is 933. The summed E-state index contributed by atoms with van der Waals surface area (Å²) in [4.78, 5) is 14.6. The zero-order valence-electron chi connectivity index (χ0n) is 13.9. The number of hydrogen-bond acceptors (Lipinski definition) is 2. The standard InChI is InChI=1S/C20H19N3O/c1-3-23(17-8-6-7-15(2)11-17)20(24)14-22-13-16(12-21)18-9-4-5-10-19(18)22/h4-11,13H,3,14H2,1-2H3. The molecule has 0 N–H and O–H groups in total. The molecule has 120 valence electrons. The van der Waals surface area contributed by atoms with Gasteiger partial charge in [0.25, 0.3) is 0 Å². The van der Waals surface area contributed by atoms with Crippen LogP contribution < -0.4 is 4.90 Å². The van der Waals surface area contributed by atoms with E-state index in [4.69, 9.17) is 0 Å². The van der Waals surface area contributed by atoms with Crippen LogP contribution in [-0.2, 0) is 11.3 Å². The lowest BCUT2D eigenvalue weighted by molar-refractivity contribution is -0.119. The first kappa shape index (κ1) is 15.8. The molecule has 0 atom stereocenters. The Morgan fingerprint density at radius 2 is 2.00 bits per heavy atom. The van der Waals surface area contributed by atoms with Crippen LogP contribution in [0.4, 0.5) is 5.69 Å². The zero-order chi connectivity index (χ0) is 17.1. The van der Waals surface area contributed by atoms with Crippen LogP contribution in [0, 0.1) is 18.3 Å². The number of aromatic nitrogens is 1. The molecule has 0 aliphatic rings. The van der Waals surface area contributed by atoms with Crippen molar-refractivity contribution in [1.29, 1.82) is 5.26 Å². The molecule has 3 aromatic rings. The highest BCUT2D eigenvalue weighted by Crippen LogP contribution is 2.22. The molecule has 3 rings (SSSR count). The lowest BCUT2D eigenvalue weighted by atomic mass is 10.2. The molecule has 0 fully saturated rings. The first-order valence-electron chi connectivity index (χ1n) is 7.99. The second-order valence-corrected chi connectivity index (χ2v) is 5.78. The topological polar surface area (TPSA) is 49.0 Å². The van der Waals surface area contributed by atoms with Crippen LogP contribution in [0.25, 0.3) is 10.9 Å². The van der Waals surface area contributed by atoms with Gasteiger partial charge in [0.05, 0.1) is 5.56 Å². The molecule has 0 radical (unpaired) electrons. The zero-order valence-corrected chi connectivity index (χ0v) is 13.9. The molecule has 4 heteroatoms. The van der Waals surface area contributed by atoms with E-state index in [1.54, 1.807) is 11.1 Å². The van der Waals surface area contributed by atoms with Crippen LogP contribution in [0.5, 0.6) is 0 Å². The number of nitrogens with zero attached hydrogens (tertiary/aromatic N) is 3. The number of benzene rings is 2. The smallest absolute Gasteiger partial charge is 0.246 e. The second kappa shape index (κ2) is 6.59. The number of carbonyl (C=O) groups excluding carboxylic acids is 1. The van der Waals surface area contributed by atoms with Crippen molar-refractivity contribution in [1.82, 2.24) is 4.57 Å². The number of aryl methyl sites for hydroxylation is 1. The molecule has 0 aliphatic heterocycles. The predicted molar refractivity (Wildman–Crippen MR) is 95.9 cm³/mol. The van der Waals surface area contributed by atoms with E-state index in [1.807, 2.05) is 66.9 Å². The number of hydrogen-bond donors (Lipinski definition) is 0. The van der Waals surface area contributed by atoms with Crippen molar-refractivity contribution in [2.75, 3.05) is 11.4 Å². The summed E-state index contributed by atoms with van der Waals surface area (Å²) in [6.45, 7) is 4.80. The van der Waals surface area contributed by atoms with Gasteiger partial charge in [-0.15, -0.1) is 0 Å². The summed E-state index contributed by atoms with van der Waals surface area (Å²) in [5.41, 5.74) is 3.52. The summed E-state index contributed by atoms with van der Waals surface area (Å²) in [5, 5.41) is 10.2. The first-order chi connectivity index (χ1) is 11.6. The van der Waals surface area contributed by atoms with Gasteiger partial charge in [0.1, 0.15) is 12.6 Å². The normalized spacial score (nSPS) is 10.5. The molecule has 2 aromatic carbocycles. The highest BCUT2D eigenvalue weighted by Gasteiger charge is 2.16. The minimum atomic E-state index is 0.00772. The molecule has 0 bridgehead atoms. The first-order valence-corrected chi connectivity index (χ1v) is 7.99. The highest BCUT2D eigenvalue weighted by molar-refractivity contribution is 5.95. The Labute approximate surface area is 141 Å². The Morgan fingerprint density at radius 3 is 2.71 bits per heavy atom. The number of anilines is 1. The third kappa shape index (κ3) is 2.89. The Morgan fingerprint density at radius 1 is 1.21 bits per heavy atom. The van der Waals surface area contributed by atoms with Gasteiger partial charge in [-0.25, -0.2) is 0 Å². The van der Waals surface area contributed by atoms with Crippen molar-refractivity contribution in [2.24, 2.45) is 0 Å². The van der Waals surface area contributed by atoms with E-state index in [0.717, 1.165) is 22.2 Å². The maximum atomic E-state index is 12.8. The molecular formula is C20H19N3O. The van der Waals surface area contributed by atoms with Crippen LogP contribution >= 0.6 is 0 Å². The molecular weight excluding hydrogens is 298 g/mol. The van der Waals surface area contributed by atoms with Crippen LogP contribution in [0.1, 0.15) is 18.1 Å². The molecule has 0 aliphatic carbocycles. The fourth-order valence-corrected chi connectivity index (χ4v) is 3.00. The molecule has 0 spiro atoms. The van der Waals surface area contributed by atoms with E-state index in [2.05, 4.69) is 6.07 Å². The molecule has 1 amide bonds. The molecule has 1 aromatic heterocycles. The number of para-hydroxylation sites is 1. The fourth-order valence-electron chi connectivity index (χ4n) is 3.00. The number of rotatable bonds is 4. The molecule has 0 saturated heterocycles. The Kier molecular flexibility index (Phi) is 4.35. The lowest BCUT2D eigenvalue weighted by Crippen LogP contribution is -2.33. The maximum Gasteiger partial charge on any atom is 0.246 e. The van der Waals surface area contributed by atoms with E-state index >= 15 is 0 Å². The van der Waals surface area contributed by atoms with Crippen LogP contribution in [0.2, 0.25) is 0 Å². The van der Waals surface area contributed by atoms with Gasteiger partial charge in [-0.05, 0) is 37.6 Å². The predicted octanol–water partition coefficient (Wildman–Crippen LogP) is 3.87. The second-order valence-electron chi connectivity index (χ2n) is 5.78. The lowest BCUT2D eigenvalue weighted by Gasteiger charge is -2.22. The summed E-state index contributed by atoms with van der Waals surface area (Å²) in [7, 11) is 0. The summed E-state index contributed by atoms with van der Waals surface area (Å²) >= 11 is 0. The van der Waals surface area contributed by atoms with E-state index < -0.39 is 0 Å². The molecule has 1 heterocycles. The Hall–Kier alpha value is -3.06. The van der Waals surface area contributed by atoms with Crippen molar-refractivity contribution in [3.05, 3.63) is 65.9 Å². The van der Waals surface area contributed by atoms with E-state index in [9.17, 15) is 10.1 Å². The van der Waals surface area contributed by atoms with Gasteiger partial charge in [0, 0.05) is 29.3 Å². The molecule has 24 heavy (non-hydrogen) atoms. The summed E-state index contributed by atoms with van der Waals surface area (Å²) in [5.74, 6) is 0.00772. The number of likely N-dealkylation sites (N-methyl/N-ethyl adjacent to an activating group) is 1. The summed E-state index contributed by atoms with van der Waals surface area (Å²) in [6.07, 6.45) is 1.76. The van der Waals surface area contributed by atoms with Gasteiger partial charge >= 0.3 is 0 Å². The van der Waals surface area contributed by atoms with Crippen LogP contribution in [0.15, 0.2) is 54.7 Å². The SMILES string of the molecule is CCN(C(=O)Cn1cc(C#N)c2ccccc21)c1cccc(C)c1. The molecule has 0 unspecified atom stereocenters. The van der Waals surface area contributed by atoms with Gasteiger partial charge in [-0.2, -0.15) is 5.26 Å². The summed E-state index contributed by atoms with van der Waals surface area (Å²) in [6, 6.07) is 17.8. The van der Waals surface area contributed by atoms with Gasteiger partial charge in [0.15, 0.2) is 0 Å². The van der Waals surface area contributed by atoms with Crippen molar-refractivity contribution < 1.29 is 4.79 Å². The third-order valence-corrected chi connectivity index (χ3v) is 4.15. The van der Waals surface area contributed by atoms with Crippen molar-refractivity contribution in [3.63, 3.8) is 0 Å². The van der Waals surface area contributed by atoms with Gasteiger partial charge < -0.3 is 9.47 Å². The summed E-state index contributed by atoms with van der Waals surface area (Å²) < 4.78 is 1.86. The van der Waals surface area contributed by atoms with E-state index in [1.165, 1.54) is 0 Å². The molecule has 4 nitrogen and oxygen atoms in total. The van der Waals surface area contributed by atoms with Crippen LogP contribution in [0.3, 0.4) is 0 Å². The van der Waals surface area contributed by atoms with Crippen LogP contribution in [-0.4, -0.2) is 17.0 Å². The molecule has 0 saturated carbocycles. The average Bonchev–Trinajstić information content (AvgIpc) is 2.94.